The molecule has 0 aromatic carbocycles. The predicted octanol–water partition coefficient (Wildman–Crippen LogP) is 1.86. The van der Waals surface area contributed by atoms with Gasteiger partial charge in [0.05, 0.1) is 5.75 Å². The molecular formula is C8H18O2S. The Kier molecular flexibility index (Phi) is 4.73. The van der Waals surface area contributed by atoms with Crippen LogP contribution in [0, 0.1) is 5.92 Å². The summed E-state index contributed by atoms with van der Waals surface area (Å²) in [5.74, 6) is 0.934. The van der Waals surface area contributed by atoms with Crippen LogP contribution in [-0.4, -0.2) is 20.4 Å². The molecule has 0 aromatic rings. The van der Waals surface area contributed by atoms with Crippen LogP contribution in [0.1, 0.15) is 33.1 Å². The Balaban J connectivity index is 3.69. The van der Waals surface area contributed by atoms with Crippen molar-refractivity contribution in [2.24, 2.45) is 5.92 Å². The average molecular weight is 178 g/mol. The maximum Gasteiger partial charge on any atom is 0.147 e. The lowest BCUT2D eigenvalue weighted by molar-refractivity contribution is 0.475. The number of rotatable bonds is 5. The van der Waals surface area contributed by atoms with Gasteiger partial charge >= 0.3 is 0 Å². The molecule has 0 spiro atoms. The molecular weight excluding hydrogens is 160 g/mol. The molecule has 68 valence electrons. The van der Waals surface area contributed by atoms with Crippen LogP contribution < -0.4 is 0 Å². The number of sulfone groups is 1. The summed E-state index contributed by atoms with van der Waals surface area (Å²) in [6, 6.07) is 0. The summed E-state index contributed by atoms with van der Waals surface area (Å²) in [6.07, 6.45) is 4.30. The highest BCUT2D eigenvalue weighted by Gasteiger charge is 2.07. The average Bonchev–Trinajstić information content (AvgIpc) is 1.88. The van der Waals surface area contributed by atoms with E-state index < -0.39 is 9.84 Å². The Morgan fingerprint density at radius 3 is 1.91 bits per heavy atom. The van der Waals surface area contributed by atoms with Gasteiger partial charge in [-0.25, -0.2) is 8.42 Å². The van der Waals surface area contributed by atoms with Crippen LogP contribution in [0.2, 0.25) is 0 Å². The van der Waals surface area contributed by atoms with Gasteiger partial charge in [0.1, 0.15) is 9.84 Å². The topological polar surface area (TPSA) is 34.1 Å². The van der Waals surface area contributed by atoms with E-state index in [0.29, 0.717) is 11.7 Å². The maximum absolute atomic E-state index is 10.8. The molecule has 2 nitrogen and oxygen atoms in total. The van der Waals surface area contributed by atoms with Crippen molar-refractivity contribution in [1.82, 2.24) is 0 Å². The smallest absolute Gasteiger partial charge is 0.147 e. The first-order valence-corrected chi connectivity index (χ1v) is 6.23. The molecule has 0 fully saturated rings. The minimum Gasteiger partial charge on any atom is -0.229 e. The van der Waals surface area contributed by atoms with Crippen molar-refractivity contribution < 1.29 is 8.42 Å². The van der Waals surface area contributed by atoms with Crippen LogP contribution in [0.15, 0.2) is 0 Å². The Labute approximate surface area is 69.9 Å². The number of hydrogen-bond donors (Lipinski definition) is 0. The molecule has 0 bridgehead atoms. The molecule has 0 unspecified atom stereocenters. The fourth-order valence-electron chi connectivity index (χ4n) is 1.08. The van der Waals surface area contributed by atoms with Gasteiger partial charge in [0.15, 0.2) is 0 Å². The third kappa shape index (κ3) is 6.35. The van der Waals surface area contributed by atoms with E-state index in [1.165, 1.54) is 6.26 Å². The molecule has 0 rings (SSSR count). The van der Waals surface area contributed by atoms with Gasteiger partial charge in [0.2, 0.25) is 0 Å². The van der Waals surface area contributed by atoms with Crippen LogP contribution in [0.4, 0.5) is 0 Å². The molecule has 0 radical (unpaired) electrons. The molecule has 0 aliphatic heterocycles. The van der Waals surface area contributed by atoms with Crippen molar-refractivity contribution >= 4 is 9.84 Å². The van der Waals surface area contributed by atoms with E-state index in [2.05, 4.69) is 13.8 Å². The van der Waals surface area contributed by atoms with Crippen LogP contribution in [0.5, 0.6) is 0 Å². The first-order chi connectivity index (χ1) is 4.99. The molecule has 0 aliphatic carbocycles. The van der Waals surface area contributed by atoms with Gasteiger partial charge in [0.25, 0.3) is 0 Å². The van der Waals surface area contributed by atoms with Gasteiger partial charge < -0.3 is 0 Å². The van der Waals surface area contributed by atoms with E-state index in [0.717, 1.165) is 19.3 Å². The monoisotopic (exact) mass is 178 g/mol. The highest BCUT2D eigenvalue weighted by Crippen LogP contribution is 2.12. The first kappa shape index (κ1) is 11.0. The largest absolute Gasteiger partial charge is 0.229 e. The summed E-state index contributed by atoms with van der Waals surface area (Å²) in [5, 5.41) is 0. The molecule has 0 saturated heterocycles. The zero-order chi connectivity index (χ0) is 8.91. The van der Waals surface area contributed by atoms with Crippen LogP contribution >= 0.6 is 0 Å². The summed E-state index contributed by atoms with van der Waals surface area (Å²) in [7, 11) is -2.74. The second kappa shape index (κ2) is 4.75. The number of hydrogen-bond acceptors (Lipinski definition) is 2. The second-order valence-corrected chi connectivity index (χ2v) is 5.36. The van der Waals surface area contributed by atoms with E-state index in [1.54, 1.807) is 0 Å². The van der Waals surface area contributed by atoms with Crippen molar-refractivity contribution in [2.75, 3.05) is 12.0 Å². The van der Waals surface area contributed by atoms with E-state index in [4.69, 9.17) is 0 Å². The summed E-state index contributed by atoms with van der Waals surface area (Å²) >= 11 is 0. The van der Waals surface area contributed by atoms with Crippen LogP contribution in [0.3, 0.4) is 0 Å². The standard InChI is InChI=1S/C8H18O2S/c1-4-8(5-2)6-7-11(3,9)10/h8H,4-7H2,1-3H3. The van der Waals surface area contributed by atoms with Gasteiger partial charge in [-0.1, -0.05) is 26.7 Å². The lowest BCUT2D eigenvalue weighted by Crippen LogP contribution is -2.08. The molecule has 0 amide bonds. The SMILES string of the molecule is CCC(CC)CCS(C)(=O)=O. The summed E-state index contributed by atoms with van der Waals surface area (Å²) < 4.78 is 21.5. The molecule has 11 heavy (non-hydrogen) atoms. The Morgan fingerprint density at radius 2 is 1.64 bits per heavy atom. The zero-order valence-electron chi connectivity index (χ0n) is 7.63. The highest BCUT2D eigenvalue weighted by atomic mass is 32.2. The molecule has 0 aliphatic rings. The summed E-state index contributed by atoms with van der Waals surface area (Å²) in [4.78, 5) is 0. The Morgan fingerprint density at radius 1 is 1.18 bits per heavy atom. The minimum atomic E-state index is -2.74. The molecule has 3 heteroatoms. The highest BCUT2D eigenvalue weighted by molar-refractivity contribution is 7.90. The summed E-state index contributed by atoms with van der Waals surface area (Å²) in [5.41, 5.74) is 0. The van der Waals surface area contributed by atoms with Crippen molar-refractivity contribution in [3.05, 3.63) is 0 Å². The Hall–Kier alpha value is -0.0500. The third-order valence-electron chi connectivity index (χ3n) is 2.05. The quantitative estimate of drug-likeness (QED) is 0.644. The first-order valence-electron chi connectivity index (χ1n) is 4.17. The van der Waals surface area contributed by atoms with Gasteiger partial charge in [0, 0.05) is 6.26 Å². The van der Waals surface area contributed by atoms with Gasteiger partial charge in [-0.15, -0.1) is 0 Å². The predicted molar refractivity (Wildman–Crippen MR) is 48.4 cm³/mol. The van der Waals surface area contributed by atoms with Gasteiger partial charge in [-0.05, 0) is 12.3 Å². The second-order valence-electron chi connectivity index (χ2n) is 3.10. The van der Waals surface area contributed by atoms with E-state index in [-0.39, 0.29) is 0 Å². The molecule has 0 heterocycles. The van der Waals surface area contributed by atoms with Crippen molar-refractivity contribution in [2.45, 2.75) is 33.1 Å². The third-order valence-corrected chi connectivity index (χ3v) is 3.03. The lowest BCUT2D eigenvalue weighted by atomic mass is 10.0. The van der Waals surface area contributed by atoms with Gasteiger partial charge in [-0.2, -0.15) is 0 Å². The zero-order valence-corrected chi connectivity index (χ0v) is 8.45. The maximum atomic E-state index is 10.8. The van der Waals surface area contributed by atoms with Crippen molar-refractivity contribution in [3.63, 3.8) is 0 Å². The van der Waals surface area contributed by atoms with Crippen LogP contribution in [-0.2, 0) is 9.84 Å². The fraction of sp³-hybridized carbons (Fsp3) is 1.00. The van der Waals surface area contributed by atoms with Crippen LogP contribution in [0.25, 0.3) is 0 Å². The van der Waals surface area contributed by atoms with Crippen molar-refractivity contribution in [3.8, 4) is 0 Å². The molecule has 0 aromatic heterocycles. The molecule has 0 N–H and O–H groups in total. The molecule has 0 atom stereocenters. The van der Waals surface area contributed by atoms with E-state index in [1.807, 2.05) is 0 Å². The summed E-state index contributed by atoms with van der Waals surface area (Å²) in [6.45, 7) is 4.22. The van der Waals surface area contributed by atoms with Gasteiger partial charge in [-0.3, -0.25) is 0 Å². The van der Waals surface area contributed by atoms with E-state index in [9.17, 15) is 8.42 Å². The minimum absolute atomic E-state index is 0.347. The lowest BCUT2D eigenvalue weighted by Gasteiger charge is -2.09. The Bertz CT molecular complexity index is 178. The fourth-order valence-corrected chi connectivity index (χ4v) is 1.84. The normalized spacial score (nSPS) is 12.4. The van der Waals surface area contributed by atoms with E-state index >= 15 is 0 Å². The molecule has 0 saturated carbocycles. The van der Waals surface area contributed by atoms with Crippen molar-refractivity contribution in [1.29, 1.82) is 0 Å².